The minimum atomic E-state index is -2.63. The molecule has 0 radical (unpaired) electrons. The molecular weight excluding hydrogens is 1440 g/mol. The zero-order valence-corrected chi connectivity index (χ0v) is 69.4. The molecule has 0 aromatic rings. The van der Waals surface area contributed by atoms with Crippen molar-refractivity contribution >= 4 is 46.9 Å². The normalized spacial score (nSPS) is 41.8. The number of piperidine rings is 2. The van der Waals surface area contributed by atoms with Gasteiger partial charge >= 0.3 is 11.9 Å². The number of hydrogen-bond donors (Lipinski definition) is 6. The van der Waals surface area contributed by atoms with Gasteiger partial charge in [-0.05, 0) is 191 Å². The zero-order chi connectivity index (χ0) is 82.4. The van der Waals surface area contributed by atoms with Crippen molar-refractivity contribution in [3.8, 4) is 0 Å². The summed E-state index contributed by atoms with van der Waals surface area (Å²) in [5.74, 6) is -18.4. The Morgan fingerprint density at radius 2 is 0.795 bits per heavy atom. The van der Waals surface area contributed by atoms with E-state index in [2.05, 4.69) is 0 Å². The highest BCUT2D eigenvalue weighted by molar-refractivity contribution is 6.39. The molecule has 0 aromatic carbocycles. The van der Waals surface area contributed by atoms with Crippen LogP contribution >= 0.6 is 0 Å². The number of methoxy groups -OCH3 is 6. The number of allylic oxidation sites excluding steroid dienone is 8. The van der Waals surface area contributed by atoms with Crippen LogP contribution in [-0.2, 0) is 85.7 Å². The van der Waals surface area contributed by atoms with Gasteiger partial charge in [-0.3, -0.25) is 28.8 Å². The molecule has 6 heterocycles. The van der Waals surface area contributed by atoms with Crippen LogP contribution in [0, 0.1) is 59.2 Å². The van der Waals surface area contributed by atoms with Gasteiger partial charge in [-0.25, -0.2) is 9.59 Å². The van der Waals surface area contributed by atoms with Crippen LogP contribution < -0.4 is 0 Å². The average Bonchev–Trinajstić information content (AvgIpc) is 0.788. The number of fused-ring (bicyclic) bond motifs is 6. The van der Waals surface area contributed by atoms with E-state index in [0.29, 0.717) is 101 Å². The van der Waals surface area contributed by atoms with Crippen LogP contribution in [0.1, 0.15) is 210 Å². The summed E-state index contributed by atoms with van der Waals surface area (Å²) in [4.78, 5) is 122. The van der Waals surface area contributed by atoms with Crippen LogP contribution in [0.2, 0.25) is 0 Å². The number of aliphatic hydroxyl groups is 6. The Bertz CT molecular complexity index is 3160. The zero-order valence-electron chi connectivity index (χ0n) is 69.4. The van der Waals surface area contributed by atoms with Crippen LogP contribution in [0.3, 0.4) is 0 Å². The molecule has 8 rings (SSSR count). The van der Waals surface area contributed by atoms with Crippen molar-refractivity contribution in [1.82, 2.24) is 9.80 Å². The molecule has 6 fully saturated rings. The summed E-state index contributed by atoms with van der Waals surface area (Å²) in [5, 5.41) is 71.5. The number of esters is 2. The highest BCUT2D eigenvalue weighted by atomic mass is 16.7. The van der Waals surface area contributed by atoms with Gasteiger partial charge in [0.15, 0.2) is 0 Å². The molecule has 6 aliphatic heterocycles. The van der Waals surface area contributed by atoms with Crippen LogP contribution in [0.15, 0.2) is 58.7 Å². The quantitative estimate of drug-likeness (QED) is 0.0539. The maximum atomic E-state index is 15.3. The Morgan fingerprint density at radius 3 is 1.13 bits per heavy atom. The molecule has 8 aliphatic rings. The van der Waals surface area contributed by atoms with Gasteiger partial charge in [0.2, 0.25) is 11.6 Å². The molecule has 6 N–H and O–H groups in total. The first-order chi connectivity index (χ1) is 53.1. The van der Waals surface area contributed by atoms with E-state index in [1.807, 2.05) is 64.2 Å². The maximum Gasteiger partial charge on any atom is 0.329 e. The van der Waals surface area contributed by atoms with E-state index >= 15 is 9.59 Å². The van der Waals surface area contributed by atoms with E-state index < -0.39 is 180 Å². The third-order valence-corrected chi connectivity index (χ3v) is 25.9. The molecule has 26 nitrogen and oxygen atoms in total. The van der Waals surface area contributed by atoms with Gasteiger partial charge in [0.25, 0.3) is 23.4 Å². The smallest absolute Gasteiger partial charge is 0.329 e. The second-order valence-electron chi connectivity index (χ2n) is 34.4. The van der Waals surface area contributed by atoms with Gasteiger partial charge in [0.05, 0.1) is 61.0 Å². The fourth-order valence-electron chi connectivity index (χ4n) is 19.0. The lowest BCUT2D eigenvalue weighted by Gasteiger charge is -2.47. The largest absolute Gasteiger partial charge is 0.456 e. The lowest BCUT2D eigenvalue weighted by molar-refractivity contribution is -0.302. The first kappa shape index (κ1) is 92.2. The van der Waals surface area contributed by atoms with Crippen LogP contribution in [0.5, 0.6) is 0 Å². The van der Waals surface area contributed by atoms with Crippen molar-refractivity contribution in [2.75, 3.05) is 55.7 Å². The van der Waals surface area contributed by atoms with Gasteiger partial charge in [-0.1, -0.05) is 89.1 Å². The van der Waals surface area contributed by atoms with E-state index in [1.54, 1.807) is 41.5 Å². The second kappa shape index (κ2) is 41.7. The number of carbonyl (C=O) groups excluding carboxylic acids is 8. The summed E-state index contributed by atoms with van der Waals surface area (Å²) in [7, 11) is 9.04. The third-order valence-electron chi connectivity index (χ3n) is 25.9. The minimum Gasteiger partial charge on any atom is -0.456 e. The standard InChI is InChI=1S/C86H134N2O24/c1-47-33-49(3)37-71(105-13)77-73(107-15)41-53(7)85(101,111-77)79(95)81(97)87-31-21-19-25-61(87)83(99)109-75(51(5)39-57-27-29-63(89)69(43-57)103-11)55(9)65(91)45-67(93)59(35-47)23-17-18-24-60-36-48(2)34-50(4)38-72(106-14)78-74(108-16)42-54(8)86(102,112-78)80(96)82(98)88-32-22-20-26-62(88)84(100)110-76(56(10)66(92)46-68(60)94)52(6)40-58-28-30-64(90)70(44-58)104-12/h17-18,35-36,39-40,49-50,53-66,69-78,89-92,101-102H,19-34,37-38,41-46H2,1-16H3/b18-17-,47-35+,48-36+,51-39+,52-40+/t49-,50-,53+,54+,55+,56+,57-,58-,59+,60+,61-,62-,63+,64+,65-,66-,69+,70+,71-,72-,73-,74-,75+,76+,77+,78+,85+,86+/m0/s1. The number of nitrogens with zero attached hydrogens (tertiary/aromatic N) is 2. The predicted molar refractivity (Wildman–Crippen MR) is 414 cm³/mol. The lowest BCUT2D eigenvalue weighted by atomic mass is 9.81. The van der Waals surface area contributed by atoms with E-state index in [-0.39, 0.29) is 99.7 Å². The molecule has 28 atom stereocenters. The number of rotatable bonds is 14. The van der Waals surface area contributed by atoms with Crippen molar-refractivity contribution in [2.24, 2.45) is 59.2 Å². The molecule has 2 amide bonds. The number of carbonyl (C=O) groups is 8. The Hall–Kier alpha value is -5.30. The van der Waals surface area contributed by atoms with Crippen molar-refractivity contribution in [1.29, 1.82) is 0 Å². The number of amides is 2. The summed E-state index contributed by atoms with van der Waals surface area (Å²) >= 11 is 0. The minimum absolute atomic E-state index is 0.000702. The highest BCUT2D eigenvalue weighted by Crippen LogP contribution is 2.43. The molecule has 0 unspecified atom stereocenters. The summed E-state index contributed by atoms with van der Waals surface area (Å²) in [6.45, 7) is 17.9. The van der Waals surface area contributed by atoms with Gasteiger partial charge in [0.1, 0.15) is 48.1 Å². The van der Waals surface area contributed by atoms with E-state index in [0.717, 1.165) is 20.9 Å². The predicted octanol–water partition coefficient (Wildman–Crippen LogP) is 8.48. The van der Waals surface area contributed by atoms with E-state index in [4.69, 9.17) is 47.4 Å². The monoisotopic (exact) mass is 1580 g/mol. The van der Waals surface area contributed by atoms with Crippen LogP contribution in [0.25, 0.3) is 0 Å². The first-order valence-electron chi connectivity index (χ1n) is 41.3. The van der Waals surface area contributed by atoms with Crippen molar-refractivity contribution in [3.63, 3.8) is 0 Å². The van der Waals surface area contributed by atoms with Gasteiger partial charge in [-0.2, -0.15) is 0 Å². The number of ether oxygens (including phenoxy) is 10. The molecule has 26 heteroatoms. The number of cyclic esters (lactones) is 2. The number of aliphatic hydroxyl groups excluding tert-OH is 4. The molecule has 2 saturated carbocycles. The Balaban J connectivity index is 1.16. The van der Waals surface area contributed by atoms with Crippen LogP contribution in [-0.4, -0.2) is 252 Å². The maximum absolute atomic E-state index is 15.3. The van der Waals surface area contributed by atoms with Crippen molar-refractivity contribution in [2.45, 2.75) is 320 Å². The number of ketones is 4. The van der Waals surface area contributed by atoms with Gasteiger partial charge in [-0.15, -0.1) is 0 Å². The first-order valence-corrected chi connectivity index (χ1v) is 41.3. The molecule has 4 saturated heterocycles. The average molecular weight is 1580 g/mol. The van der Waals surface area contributed by atoms with Crippen molar-refractivity contribution in [3.05, 3.63) is 58.7 Å². The van der Waals surface area contributed by atoms with Gasteiger partial charge in [0, 0.05) is 104 Å². The topological polar surface area (TPSA) is 357 Å². The summed E-state index contributed by atoms with van der Waals surface area (Å²) in [6.07, 6.45) is 5.17. The number of hydrogen-bond acceptors (Lipinski definition) is 24. The molecule has 4 bridgehead atoms. The van der Waals surface area contributed by atoms with E-state index in [9.17, 15) is 59.4 Å². The number of Topliss-reactive ketones (excluding diaryl/α,β-unsaturated/α-hetero) is 4. The third kappa shape index (κ3) is 22.5. The summed E-state index contributed by atoms with van der Waals surface area (Å²) < 4.78 is 61.2. The highest BCUT2D eigenvalue weighted by Gasteiger charge is 2.59. The Kier molecular flexibility index (Phi) is 34.3. The Morgan fingerprint density at radius 1 is 0.455 bits per heavy atom. The molecule has 0 aromatic heterocycles. The molecule has 112 heavy (non-hydrogen) atoms. The summed E-state index contributed by atoms with van der Waals surface area (Å²) in [5.41, 5.74) is 2.73. The van der Waals surface area contributed by atoms with E-state index in [1.165, 1.54) is 42.7 Å². The fourth-order valence-corrected chi connectivity index (χ4v) is 19.0. The van der Waals surface area contributed by atoms with Gasteiger partial charge < -0.3 is 87.8 Å². The lowest BCUT2D eigenvalue weighted by Crippen LogP contribution is -2.64. The summed E-state index contributed by atoms with van der Waals surface area (Å²) in [6, 6.07) is -2.54. The Labute approximate surface area is 663 Å². The molecule has 0 spiro atoms. The molecular formula is C86H134N2O24. The fraction of sp³-hybridized carbons (Fsp3) is 0.791. The van der Waals surface area contributed by atoms with Crippen LogP contribution in [0.4, 0.5) is 0 Å². The molecule has 2 aliphatic carbocycles. The van der Waals surface area contributed by atoms with Crippen molar-refractivity contribution < 1.29 is 116 Å². The molecule has 632 valence electrons. The SMILES string of the molecule is CO[C@H]1C[C@@H](C)C/C(C)=C/[C@@H](C/C=C\C[C@@H]2/C=C(\C)C[C@H](C)C[C@H](OC)[C@H]3O[C@@](O)(C(=O)C(=O)N4CCCC[C@H]4C(=O)O[C@H](/C(C)=C/[C@@H]4CC[C@@H](O)[C@H](OC)C4)[C@H](C)[C@@H](O)CC2=O)[C@H](C)C[C@@H]3OC)C(=O)C[C@H](O)[C@@H](C)[C@@H](/C(C)=C/[C@@H]2CC[C@@H](O)[C@H](OC)C2)OC(=O)[C@@H]2CCCCN2C(=O)C(=O)[C@]2(O)O[C@H]1[C@@H](OC)C[C@H]2C. The second-order valence-corrected chi connectivity index (χ2v) is 34.4.